The van der Waals surface area contributed by atoms with Crippen molar-refractivity contribution in [2.75, 3.05) is 157 Å². The molecule has 44 heteroatoms. The molecule has 7 aliphatic rings. The van der Waals surface area contributed by atoms with Crippen LogP contribution in [0.25, 0.3) is 0 Å². The average molecular weight is 1950 g/mol. The van der Waals surface area contributed by atoms with E-state index in [9.17, 15) is 65.8 Å². The molecule has 1 unspecified atom stereocenters. The summed E-state index contributed by atoms with van der Waals surface area (Å²) in [6.45, 7) is 10.9. The molecule has 22 nitrogen and oxygen atoms in total. The quantitative estimate of drug-likeness (QED) is 0.0168. The van der Waals surface area contributed by atoms with Crippen LogP contribution in [0.1, 0.15) is 159 Å². The van der Waals surface area contributed by atoms with Gasteiger partial charge in [0.05, 0.1) is 80.1 Å². The van der Waals surface area contributed by atoms with E-state index in [1.54, 1.807) is 19.9 Å². The number of halogens is 5. The van der Waals surface area contributed by atoms with Crippen molar-refractivity contribution < 1.29 is 227 Å². The SMILES string of the molecule is C.CCOC(=O)C=C1CCSCC1.CCOC(=O)CC1CCSCC1.CCOC(=O)CP(C)(=O)OCC.CS(=O)(=O)Cl.CS(=O)(=O)OCCC1CCS(=O)(=O)CC1.O=C1CCSCC1.O=S1(=O)CCC(CCBr)CC1.O=S1(=O)CCC(CCO)CC1.OCCC1CCSCC1.[AlH4-].[BH4-].[Br-].[Cl][Ni][Cl].[H-].[Li+].[Li+].[Na+].[Na+]. The van der Waals surface area contributed by atoms with E-state index in [0.717, 1.165) is 117 Å². The van der Waals surface area contributed by atoms with Crippen molar-refractivity contribution in [1.82, 2.24) is 0 Å². The number of carbonyl (C=O) groups is 4. The van der Waals surface area contributed by atoms with Gasteiger partial charge in [-0.15, -0.1) is 0 Å². The first kappa shape index (κ1) is 133. The third-order valence-corrected chi connectivity index (χ3v) is 26.7. The van der Waals surface area contributed by atoms with Crippen LogP contribution >= 0.6 is 101 Å². The number of aliphatic hydroxyl groups excluding tert-OH is 2. The van der Waals surface area contributed by atoms with Crippen LogP contribution in [-0.2, 0) is 108 Å². The van der Waals surface area contributed by atoms with Crippen LogP contribution in [0.4, 0.5) is 0 Å². The third-order valence-electron chi connectivity index (χ3n) is 14.8. The second kappa shape index (κ2) is 82.8. The molecule has 0 bridgehead atoms. The minimum absolute atomic E-state index is 0. The molecule has 105 heavy (non-hydrogen) atoms. The van der Waals surface area contributed by atoms with Crippen molar-refractivity contribution in [3.05, 3.63) is 11.6 Å². The first-order valence-corrected chi connectivity index (χ1v) is 53.3. The number of ether oxygens (including phenoxy) is 3. The van der Waals surface area contributed by atoms with Crippen LogP contribution in [0.2, 0.25) is 0 Å². The fraction of sp³-hybridized carbons (Fsp3) is 0.902. The number of alkyl halides is 1. The van der Waals surface area contributed by atoms with Gasteiger partial charge in [-0.25, -0.2) is 38.5 Å². The maximum atomic E-state index is 11.4. The number of ketones is 1. The number of hydrogen-bond acceptors (Lipinski definition) is 26. The minimum Gasteiger partial charge on any atom is -1.00 e. The number of hydrogen-bond donors (Lipinski definition) is 2. The van der Waals surface area contributed by atoms with Gasteiger partial charge in [0, 0.05) is 90.1 Å². The second-order valence-corrected chi connectivity index (χ2v) is 44.7. The van der Waals surface area contributed by atoms with Gasteiger partial charge in [-0.2, -0.15) is 55.5 Å². The van der Waals surface area contributed by atoms with Crippen LogP contribution in [0, 0.1) is 29.6 Å². The fourth-order valence-electron chi connectivity index (χ4n) is 9.50. The molecule has 0 spiro atoms. The summed E-state index contributed by atoms with van der Waals surface area (Å²) < 4.78 is 141. The predicted octanol–water partition coefficient (Wildman–Crippen LogP) is -5.43. The van der Waals surface area contributed by atoms with E-state index in [1.165, 1.54) is 60.9 Å². The van der Waals surface area contributed by atoms with Crippen LogP contribution in [0.3, 0.4) is 0 Å². The first-order valence-electron chi connectivity index (χ1n) is 32.6. The van der Waals surface area contributed by atoms with Crippen LogP contribution in [-0.4, -0.2) is 259 Å². The van der Waals surface area contributed by atoms with E-state index in [-0.39, 0.29) is 197 Å². The number of rotatable bonds is 20. The predicted molar refractivity (Wildman–Crippen MR) is 435 cm³/mol. The van der Waals surface area contributed by atoms with Crippen LogP contribution in [0.15, 0.2) is 11.6 Å². The Bertz CT molecular complexity index is 2700. The topological polar surface area (TPSA) is 343 Å². The molecule has 0 radical (unpaired) electrons. The molecule has 0 aromatic rings. The van der Waals surface area contributed by atoms with E-state index in [4.69, 9.17) is 44.6 Å². The molecule has 7 saturated heterocycles. The standard InChI is InChI=1S/C9H16O2S.C9H14O2S.C8H16O5S2.C7H13BrO2S.C7H15O4P.C7H14O3S.C7H14OS.C5H8OS.CH3ClO2S.CH4.Al.BH4.BrH.2ClH.2Li.2Na.Ni.5H/c2*1-2-11-9(10)7-8-3-5-12-6-4-8;1-14(9,10)13-5-2-8-3-6-15(11,12)7-4-8;8-4-1-7-2-5-11(9,10)6-3-7;1-4-10-7(8)6-12(3,9)11-5-2;8-4-1-7-2-5-11(9,10)6-3-7;8-4-1-7-2-5-9-6-3-7;6-5-1-3-7-4-2-5;1-5(2,3)4;;;;;;;;;;;;;;;;/h8H,2-7H2,1H3;7H,2-6H2,1H3;8H,2-7H2,1H3;7H,1-6H2;4-6H2,1-3H3;7-8H,1-6H2;7-8H,1-6H2;1-4H2;1H3;1H4;;1H4;3*1H;;;;;;;;;;/q;;;;;;;;;;2*-1;;;;4*+1;+2;;;;;-1/p-3. The van der Waals surface area contributed by atoms with Gasteiger partial charge < -0.3 is 47.4 Å². The summed E-state index contributed by atoms with van der Waals surface area (Å²) in [5, 5.41) is 18.2. The van der Waals surface area contributed by atoms with Crippen LogP contribution < -0.4 is 114 Å². The minimum atomic E-state index is -3.37. The van der Waals surface area contributed by atoms with Crippen LogP contribution in [0.5, 0.6) is 0 Å². The van der Waals surface area contributed by atoms with Gasteiger partial charge in [0.25, 0.3) is 10.1 Å². The maximum Gasteiger partial charge on any atom is 1.00 e. The molecule has 1 atom stereocenters. The monoisotopic (exact) mass is 1950 g/mol. The third kappa shape index (κ3) is 94.5. The Morgan fingerprint density at radius 3 is 1.22 bits per heavy atom. The summed E-state index contributed by atoms with van der Waals surface area (Å²) in [5.74, 6) is 13.9. The molecular formula is C61H126AlBBr2Cl3Li2Na2NiO22PS9. The number of aliphatic hydroxyl groups is 2. The zero-order valence-corrected chi connectivity index (χ0v) is 80.7. The van der Waals surface area contributed by atoms with Gasteiger partial charge >= 0.3 is 148 Å². The zero-order chi connectivity index (χ0) is 74.3. The molecule has 7 heterocycles. The molecule has 0 amide bonds. The first-order chi connectivity index (χ1) is 45.5. The summed E-state index contributed by atoms with van der Waals surface area (Å²) in [6, 6.07) is 0. The van der Waals surface area contributed by atoms with E-state index in [1.807, 2.05) is 60.9 Å². The number of allylic oxidation sites excluding steroid dienone is 1. The Morgan fingerprint density at radius 1 is 0.590 bits per heavy atom. The summed E-state index contributed by atoms with van der Waals surface area (Å²) in [5.41, 5.74) is 1.24. The number of esters is 3. The molecular weight excluding hydrogens is 1830 g/mol. The largest absolute Gasteiger partial charge is 1.00 e. The van der Waals surface area contributed by atoms with E-state index in [2.05, 4.69) is 35.5 Å². The summed E-state index contributed by atoms with van der Waals surface area (Å²) in [6.07, 6.45) is 20.8. The van der Waals surface area contributed by atoms with Crippen molar-refractivity contribution in [3.8, 4) is 0 Å². The Kier molecular flexibility index (Phi) is 105. The van der Waals surface area contributed by atoms with Gasteiger partial charge in [0.15, 0.2) is 0 Å². The van der Waals surface area contributed by atoms with E-state index in [0.29, 0.717) is 118 Å². The number of sulfone groups is 3. The molecule has 0 aliphatic carbocycles. The van der Waals surface area contributed by atoms with Gasteiger partial charge in [0.1, 0.15) is 41.5 Å². The number of carbonyl (C=O) groups excluding carboxylic acids is 4. The smallest absolute Gasteiger partial charge is 1.00 e. The molecule has 0 saturated carbocycles. The molecule has 0 aromatic carbocycles. The number of Topliss-reactive ketones (excluding diaryl/α,β-unsaturated/α-hetero) is 1. The fourth-order valence-corrected chi connectivity index (χ4v) is 20.9. The summed E-state index contributed by atoms with van der Waals surface area (Å²) in [7, 11) is -3.60. The molecule has 2 N–H and O–H groups in total. The maximum absolute atomic E-state index is 11.4. The summed E-state index contributed by atoms with van der Waals surface area (Å²) in [4.78, 5) is 43.4. The Labute approximate surface area is 771 Å². The van der Waals surface area contributed by atoms with Crippen molar-refractivity contribution in [2.45, 2.75) is 157 Å². The van der Waals surface area contributed by atoms with Gasteiger partial charge in [-0.05, 0) is 195 Å². The van der Waals surface area contributed by atoms with Crippen molar-refractivity contribution in [3.63, 3.8) is 0 Å². The second-order valence-electron chi connectivity index (χ2n) is 23.2. The Balaban J connectivity index is -0.0000000932. The molecule has 7 aliphatic heterocycles. The van der Waals surface area contributed by atoms with Gasteiger partial charge in [-0.1, -0.05) is 37.3 Å². The van der Waals surface area contributed by atoms with Crippen molar-refractivity contribution >= 4 is 200 Å². The van der Waals surface area contributed by atoms with Crippen molar-refractivity contribution in [2.24, 2.45) is 29.6 Å². The summed E-state index contributed by atoms with van der Waals surface area (Å²) >= 11 is 11.8. The molecule has 7 fully saturated rings. The average Bonchev–Trinajstić information content (AvgIpc) is 0.888. The zero-order valence-electron chi connectivity index (χ0n) is 63.0. The Morgan fingerprint density at radius 2 is 0.905 bits per heavy atom. The van der Waals surface area contributed by atoms with Crippen molar-refractivity contribution in [1.29, 1.82) is 0 Å². The number of thioether (sulfide) groups is 4. The molecule has 7 rings (SSSR count). The molecule has 0 aromatic heterocycles. The van der Waals surface area contributed by atoms with E-state index >= 15 is 0 Å². The molecule has 616 valence electrons. The van der Waals surface area contributed by atoms with Gasteiger partial charge in [-0.3, -0.25) is 23.1 Å². The van der Waals surface area contributed by atoms with Gasteiger partial charge in [0.2, 0.25) is 16.4 Å². The Hall–Kier alpha value is 5.16. The van der Waals surface area contributed by atoms with E-state index < -0.39 is 62.0 Å². The normalized spacial score (nSPS) is 18.6.